The second-order valence-corrected chi connectivity index (χ2v) is 6.37. The van der Waals surface area contributed by atoms with E-state index in [0.717, 1.165) is 29.0 Å². The first-order valence-corrected chi connectivity index (χ1v) is 8.45. The Bertz CT molecular complexity index is 792. The molecule has 0 aliphatic carbocycles. The topological polar surface area (TPSA) is 37.8 Å². The van der Waals surface area contributed by atoms with Crippen LogP contribution in [0.5, 0.6) is 0 Å². The Balaban J connectivity index is 1.66. The fourth-order valence-electron chi connectivity index (χ4n) is 2.23. The van der Waals surface area contributed by atoms with Crippen LogP contribution in [0.1, 0.15) is 5.56 Å². The standard InChI is InChI=1S/C17H16ClN3S/c1-12-6-2-5-9-15(12)22-11-10-19-16-13-7-3-4-8-14(13)20-17(18)21-16/h2-9H,10-11H2,1H3,(H,19,20,21). The van der Waals surface area contributed by atoms with Gasteiger partial charge in [0.1, 0.15) is 5.82 Å². The predicted octanol–water partition coefficient (Wildman–Crippen LogP) is 4.80. The Hall–Kier alpha value is -1.78. The maximum Gasteiger partial charge on any atom is 0.224 e. The van der Waals surface area contributed by atoms with Crippen LogP contribution in [-0.4, -0.2) is 22.3 Å². The molecule has 3 nitrogen and oxygen atoms in total. The van der Waals surface area contributed by atoms with Crippen molar-refractivity contribution in [1.82, 2.24) is 9.97 Å². The molecule has 2 aromatic carbocycles. The van der Waals surface area contributed by atoms with Crippen LogP contribution in [-0.2, 0) is 0 Å². The Kier molecular flexibility index (Phi) is 4.80. The Morgan fingerprint density at radius 2 is 1.82 bits per heavy atom. The highest BCUT2D eigenvalue weighted by Crippen LogP contribution is 2.23. The van der Waals surface area contributed by atoms with E-state index in [9.17, 15) is 0 Å². The second-order valence-electron chi connectivity index (χ2n) is 4.90. The molecule has 3 aromatic rings. The maximum absolute atomic E-state index is 5.99. The molecule has 0 spiro atoms. The highest BCUT2D eigenvalue weighted by atomic mass is 35.5. The lowest BCUT2D eigenvalue weighted by Crippen LogP contribution is -2.07. The molecule has 1 aromatic heterocycles. The molecule has 0 saturated heterocycles. The number of anilines is 1. The molecular weight excluding hydrogens is 314 g/mol. The number of nitrogens with one attached hydrogen (secondary N) is 1. The van der Waals surface area contributed by atoms with E-state index in [1.807, 2.05) is 36.0 Å². The van der Waals surface area contributed by atoms with Gasteiger partial charge < -0.3 is 5.32 Å². The van der Waals surface area contributed by atoms with Crippen LogP contribution < -0.4 is 5.32 Å². The zero-order valence-electron chi connectivity index (χ0n) is 12.2. The van der Waals surface area contributed by atoms with Crippen molar-refractivity contribution < 1.29 is 0 Å². The van der Waals surface area contributed by atoms with E-state index in [0.29, 0.717) is 0 Å². The van der Waals surface area contributed by atoms with E-state index in [4.69, 9.17) is 11.6 Å². The van der Waals surface area contributed by atoms with E-state index in [-0.39, 0.29) is 5.28 Å². The van der Waals surface area contributed by atoms with Crippen LogP contribution in [0.25, 0.3) is 10.9 Å². The fraction of sp³-hybridized carbons (Fsp3) is 0.176. The number of para-hydroxylation sites is 1. The SMILES string of the molecule is Cc1ccccc1SCCNc1nc(Cl)nc2ccccc12. The van der Waals surface area contributed by atoms with Gasteiger partial charge in [0.2, 0.25) is 5.28 Å². The highest BCUT2D eigenvalue weighted by molar-refractivity contribution is 7.99. The van der Waals surface area contributed by atoms with E-state index in [2.05, 4.69) is 46.5 Å². The summed E-state index contributed by atoms with van der Waals surface area (Å²) in [6, 6.07) is 16.3. The summed E-state index contributed by atoms with van der Waals surface area (Å²) in [5, 5.41) is 4.63. The lowest BCUT2D eigenvalue weighted by molar-refractivity contribution is 1.15. The van der Waals surface area contributed by atoms with Crippen molar-refractivity contribution in [3.05, 3.63) is 59.4 Å². The summed E-state index contributed by atoms with van der Waals surface area (Å²) in [5.41, 5.74) is 2.17. The van der Waals surface area contributed by atoms with E-state index in [1.165, 1.54) is 10.5 Å². The van der Waals surface area contributed by atoms with E-state index >= 15 is 0 Å². The number of hydrogen-bond acceptors (Lipinski definition) is 4. The van der Waals surface area contributed by atoms with Crippen molar-refractivity contribution in [3.63, 3.8) is 0 Å². The Morgan fingerprint density at radius 1 is 1.05 bits per heavy atom. The summed E-state index contributed by atoms with van der Waals surface area (Å²) in [4.78, 5) is 9.84. The summed E-state index contributed by atoms with van der Waals surface area (Å²) < 4.78 is 0. The van der Waals surface area contributed by atoms with Crippen LogP contribution >= 0.6 is 23.4 Å². The van der Waals surface area contributed by atoms with Gasteiger partial charge in [-0.2, -0.15) is 0 Å². The summed E-state index contributed by atoms with van der Waals surface area (Å²) >= 11 is 7.82. The smallest absolute Gasteiger partial charge is 0.224 e. The van der Waals surface area contributed by atoms with Crippen LogP contribution in [0.4, 0.5) is 5.82 Å². The third-order valence-electron chi connectivity index (χ3n) is 3.32. The lowest BCUT2D eigenvalue weighted by atomic mass is 10.2. The second kappa shape index (κ2) is 6.99. The largest absolute Gasteiger partial charge is 0.369 e. The molecule has 22 heavy (non-hydrogen) atoms. The Morgan fingerprint density at radius 3 is 2.68 bits per heavy atom. The summed E-state index contributed by atoms with van der Waals surface area (Å²) in [5.74, 6) is 1.75. The number of aryl methyl sites for hydroxylation is 1. The van der Waals surface area contributed by atoms with Crippen molar-refractivity contribution in [1.29, 1.82) is 0 Å². The minimum Gasteiger partial charge on any atom is -0.369 e. The molecule has 0 aliphatic heterocycles. The van der Waals surface area contributed by atoms with Crippen LogP contribution in [0, 0.1) is 6.92 Å². The Labute approximate surface area is 139 Å². The zero-order chi connectivity index (χ0) is 15.4. The molecule has 0 amide bonds. The van der Waals surface area contributed by atoms with Crippen LogP contribution in [0.15, 0.2) is 53.4 Å². The normalized spacial score (nSPS) is 10.8. The van der Waals surface area contributed by atoms with Gasteiger partial charge in [-0.3, -0.25) is 0 Å². The average Bonchev–Trinajstić information content (AvgIpc) is 2.53. The molecule has 0 radical (unpaired) electrons. The molecule has 0 unspecified atom stereocenters. The molecule has 0 bridgehead atoms. The lowest BCUT2D eigenvalue weighted by Gasteiger charge is -2.09. The number of rotatable bonds is 5. The number of benzene rings is 2. The number of aromatic nitrogens is 2. The van der Waals surface area contributed by atoms with Gasteiger partial charge in [0.05, 0.1) is 5.52 Å². The van der Waals surface area contributed by atoms with E-state index in [1.54, 1.807) is 0 Å². The van der Waals surface area contributed by atoms with Gasteiger partial charge in [-0.05, 0) is 42.3 Å². The molecule has 3 rings (SSSR count). The van der Waals surface area contributed by atoms with Crippen molar-refractivity contribution in [2.45, 2.75) is 11.8 Å². The zero-order valence-corrected chi connectivity index (χ0v) is 13.8. The van der Waals surface area contributed by atoms with Gasteiger partial charge in [-0.15, -0.1) is 11.8 Å². The molecule has 1 N–H and O–H groups in total. The average molecular weight is 330 g/mol. The minimum absolute atomic E-state index is 0.271. The van der Waals surface area contributed by atoms with Gasteiger partial charge in [0.15, 0.2) is 0 Å². The molecular formula is C17H16ClN3S. The summed E-state index contributed by atoms with van der Waals surface area (Å²) in [6.45, 7) is 2.95. The maximum atomic E-state index is 5.99. The highest BCUT2D eigenvalue weighted by Gasteiger charge is 2.05. The molecule has 0 saturated carbocycles. The number of nitrogens with zero attached hydrogens (tertiary/aromatic N) is 2. The van der Waals surface area contributed by atoms with Gasteiger partial charge in [0.25, 0.3) is 0 Å². The first-order valence-electron chi connectivity index (χ1n) is 7.08. The molecule has 0 fully saturated rings. The first-order chi connectivity index (χ1) is 10.7. The van der Waals surface area contributed by atoms with Gasteiger partial charge >= 0.3 is 0 Å². The molecule has 112 valence electrons. The molecule has 1 heterocycles. The molecule has 0 aliphatic rings. The predicted molar refractivity (Wildman–Crippen MR) is 94.9 cm³/mol. The first kappa shape index (κ1) is 15.1. The monoisotopic (exact) mass is 329 g/mol. The number of halogens is 1. The van der Waals surface area contributed by atoms with E-state index < -0.39 is 0 Å². The third-order valence-corrected chi connectivity index (χ3v) is 4.67. The number of hydrogen-bond donors (Lipinski definition) is 1. The van der Waals surface area contributed by atoms with Crippen LogP contribution in [0.2, 0.25) is 5.28 Å². The minimum atomic E-state index is 0.271. The van der Waals surface area contributed by atoms with Crippen LogP contribution in [0.3, 0.4) is 0 Å². The van der Waals surface area contributed by atoms with Gasteiger partial charge in [-0.1, -0.05) is 30.3 Å². The molecule has 5 heteroatoms. The van der Waals surface area contributed by atoms with Crippen molar-refractivity contribution in [3.8, 4) is 0 Å². The van der Waals surface area contributed by atoms with Crippen molar-refractivity contribution in [2.24, 2.45) is 0 Å². The van der Waals surface area contributed by atoms with Crippen molar-refractivity contribution >= 4 is 40.1 Å². The number of thioether (sulfide) groups is 1. The summed E-state index contributed by atoms with van der Waals surface area (Å²) in [7, 11) is 0. The molecule has 0 atom stereocenters. The number of fused-ring (bicyclic) bond motifs is 1. The van der Waals surface area contributed by atoms with Crippen molar-refractivity contribution in [2.75, 3.05) is 17.6 Å². The van der Waals surface area contributed by atoms with Gasteiger partial charge in [0, 0.05) is 22.6 Å². The fourth-order valence-corrected chi connectivity index (χ4v) is 3.30. The van der Waals surface area contributed by atoms with Gasteiger partial charge in [-0.25, -0.2) is 9.97 Å². The third kappa shape index (κ3) is 3.51. The quantitative estimate of drug-likeness (QED) is 0.414. The summed E-state index contributed by atoms with van der Waals surface area (Å²) in [6.07, 6.45) is 0.